The van der Waals surface area contributed by atoms with Gasteiger partial charge < -0.3 is 15.0 Å². The smallest absolute Gasteiger partial charge is 0.332 e. The fourth-order valence-electron chi connectivity index (χ4n) is 3.28. The maximum absolute atomic E-state index is 12.3. The van der Waals surface area contributed by atoms with Gasteiger partial charge in [0.1, 0.15) is 0 Å². The van der Waals surface area contributed by atoms with E-state index in [1.165, 1.54) is 11.6 Å². The highest BCUT2D eigenvalue weighted by Gasteiger charge is 2.22. The number of aliphatic hydroxyl groups excluding tert-OH is 1. The number of fused-ring (bicyclic) bond motifs is 1. The minimum atomic E-state index is -0.373. The molecular weight excluding hydrogens is 298 g/mol. The molecule has 1 fully saturated rings. The van der Waals surface area contributed by atoms with Crippen LogP contribution in [0.3, 0.4) is 0 Å². The van der Waals surface area contributed by atoms with E-state index in [4.69, 9.17) is 0 Å². The first-order valence-electron chi connectivity index (χ1n) is 8.03. The Hall–Kier alpha value is -1.93. The summed E-state index contributed by atoms with van der Waals surface area (Å²) < 4.78 is 4.29. The van der Waals surface area contributed by atoms with Crippen molar-refractivity contribution in [3.8, 4) is 0 Å². The van der Waals surface area contributed by atoms with Crippen molar-refractivity contribution in [2.45, 2.75) is 44.4 Å². The number of nitrogens with one attached hydrogen (secondary N) is 1. The van der Waals surface area contributed by atoms with Crippen molar-refractivity contribution >= 4 is 11.2 Å². The van der Waals surface area contributed by atoms with E-state index in [1.54, 1.807) is 17.9 Å². The van der Waals surface area contributed by atoms with E-state index in [0.29, 0.717) is 17.7 Å². The van der Waals surface area contributed by atoms with Crippen LogP contribution in [0.25, 0.3) is 11.2 Å². The van der Waals surface area contributed by atoms with Crippen LogP contribution in [0.1, 0.15) is 25.7 Å². The summed E-state index contributed by atoms with van der Waals surface area (Å²) in [6.07, 6.45) is 4.83. The standard InChI is InChI=1S/C15H23N5O3/c1-18-13-12(14(22)19(2)15(18)23)20(9-17-13)8-4-5-10-11(21)6-3-7-16-10/h9-11,16,21H,3-8H2,1-2H3. The van der Waals surface area contributed by atoms with Crippen LogP contribution >= 0.6 is 0 Å². The zero-order valence-corrected chi connectivity index (χ0v) is 13.5. The summed E-state index contributed by atoms with van der Waals surface area (Å²) in [4.78, 5) is 28.5. The molecular formula is C15H23N5O3. The number of hydrogen-bond acceptors (Lipinski definition) is 5. The maximum atomic E-state index is 12.3. The van der Waals surface area contributed by atoms with Crippen LogP contribution in [0.15, 0.2) is 15.9 Å². The van der Waals surface area contributed by atoms with Gasteiger partial charge in [-0.2, -0.15) is 0 Å². The molecule has 0 spiro atoms. The monoisotopic (exact) mass is 321 g/mol. The molecule has 23 heavy (non-hydrogen) atoms. The van der Waals surface area contributed by atoms with Crippen LogP contribution < -0.4 is 16.6 Å². The molecule has 8 heteroatoms. The Bertz CT molecular complexity index is 819. The largest absolute Gasteiger partial charge is 0.392 e. The van der Waals surface area contributed by atoms with Gasteiger partial charge in [-0.05, 0) is 32.2 Å². The number of hydrogen-bond donors (Lipinski definition) is 2. The summed E-state index contributed by atoms with van der Waals surface area (Å²) in [6.45, 7) is 1.58. The average Bonchev–Trinajstić information content (AvgIpc) is 2.97. The van der Waals surface area contributed by atoms with Crippen molar-refractivity contribution in [3.05, 3.63) is 27.2 Å². The number of imidazole rings is 1. The van der Waals surface area contributed by atoms with Crippen molar-refractivity contribution in [2.75, 3.05) is 6.54 Å². The summed E-state index contributed by atoms with van der Waals surface area (Å²) in [7, 11) is 3.09. The number of aryl methyl sites for hydroxylation is 2. The van der Waals surface area contributed by atoms with Crippen LogP contribution in [-0.2, 0) is 20.6 Å². The lowest BCUT2D eigenvalue weighted by atomic mass is 9.97. The Kier molecular flexibility index (Phi) is 4.36. The molecule has 8 nitrogen and oxygen atoms in total. The Labute approximate surface area is 133 Å². The third-order valence-corrected chi connectivity index (χ3v) is 4.68. The van der Waals surface area contributed by atoms with Gasteiger partial charge in [-0.3, -0.25) is 13.9 Å². The minimum Gasteiger partial charge on any atom is -0.392 e. The molecule has 2 aromatic heterocycles. The first-order valence-corrected chi connectivity index (χ1v) is 8.03. The van der Waals surface area contributed by atoms with Crippen molar-refractivity contribution in [1.82, 2.24) is 24.0 Å². The van der Waals surface area contributed by atoms with Crippen molar-refractivity contribution in [3.63, 3.8) is 0 Å². The second-order valence-corrected chi connectivity index (χ2v) is 6.23. The summed E-state index contributed by atoms with van der Waals surface area (Å²) in [5, 5.41) is 13.3. The zero-order chi connectivity index (χ0) is 16.6. The summed E-state index contributed by atoms with van der Waals surface area (Å²) >= 11 is 0. The van der Waals surface area contributed by atoms with E-state index < -0.39 is 0 Å². The Morgan fingerprint density at radius 3 is 2.87 bits per heavy atom. The highest BCUT2D eigenvalue weighted by Crippen LogP contribution is 2.14. The van der Waals surface area contributed by atoms with Gasteiger partial charge >= 0.3 is 5.69 Å². The highest BCUT2D eigenvalue weighted by molar-refractivity contribution is 5.69. The summed E-state index contributed by atoms with van der Waals surface area (Å²) in [5.74, 6) is 0. The number of rotatable bonds is 4. The van der Waals surface area contributed by atoms with E-state index in [0.717, 1.165) is 36.8 Å². The van der Waals surface area contributed by atoms with Gasteiger partial charge in [-0.15, -0.1) is 0 Å². The molecule has 2 aromatic rings. The first-order chi connectivity index (χ1) is 11.0. The van der Waals surface area contributed by atoms with E-state index in [9.17, 15) is 14.7 Å². The predicted molar refractivity (Wildman–Crippen MR) is 86.5 cm³/mol. The van der Waals surface area contributed by atoms with Gasteiger partial charge in [-0.25, -0.2) is 9.78 Å². The minimum absolute atomic E-state index is 0.116. The lowest BCUT2D eigenvalue weighted by Crippen LogP contribution is -2.44. The molecule has 2 N–H and O–H groups in total. The van der Waals surface area contributed by atoms with E-state index in [2.05, 4.69) is 10.3 Å². The summed E-state index contributed by atoms with van der Waals surface area (Å²) in [6, 6.07) is 0.116. The van der Waals surface area contributed by atoms with Gasteiger partial charge in [0.15, 0.2) is 11.2 Å². The van der Waals surface area contributed by atoms with E-state index >= 15 is 0 Å². The van der Waals surface area contributed by atoms with E-state index in [-0.39, 0.29) is 23.4 Å². The number of aromatic nitrogens is 4. The third kappa shape index (κ3) is 2.84. The molecule has 0 aromatic carbocycles. The molecule has 1 saturated heterocycles. The molecule has 0 radical (unpaired) electrons. The molecule has 1 aliphatic rings. The van der Waals surface area contributed by atoms with Gasteiger partial charge in [0.05, 0.1) is 12.4 Å². The van der Waals surface area contributed by atoms with Gasteiger partial charge in [0.2, 0.25) is 0 Å². The maximum Gasteiger partial charge on any atom is 0.332 e. The van der Waals surface area contributed by atoms with E-state index in [1.807, 2.05) is 0 Å². The van der Waals surface area contributed by atoms with Crippen LogP contribution in [0.2, 0.25) is 0 Å². The second-order valence-electron chi connectivity index (χ2n) is 6.23. The molecule has 126 valence electrons. The molecule has 0 bridgehead atoms. The fraction of sp³-hybridized carbons (Fsp3) is 0.667. The molecule has 1 aliphatic heterocycles. The Morgan fingerprint density at radius 1 is 1.35 bits per heavy atom. The molecule has 0 amide bonds. The van der Waals surface area contributed by atoms with Crippen molar-refractivity contribution < 1.29 is 5.11 Å². The van der Waals surface area contributed by atoms with Crippen LogP contribution in [0.4, 0.5) is 0 Å². The average molecular weight is 321 g/mol. The topological polar surface area (TPSA) is 94.1 Å². The zero-order valence-electron chi connectivity index (χ0n) is 13.5. The fourth-order valence-corrected chi connectivity index (χ4v) is 3.28. The SMILES string of the molecule is Cn1c(=O)c2c(ncn2CCCC2NCCCC2O)n(C)c1=O. The Morgan fingerprint density at radius 2 is 2.13 bits per heavy atom. The predicted octanol–water partition coefficient (Wildman–Crippen LogP) is -0.673. The van der Waals surface area contributed by atoms with Gasteiger partial charge in [-0.1, -0.05) is 0 Å². The second kappa shape index (κ2) is 6.29. The van der Waals surface area contributed by atoms with Gasteiger partial charge in [0.25, 0.3) is 5.56 Å². The molecule has 3 heterocycles. The first kappa shape index (κ1) is 15.9. The van der Waals surface area contributed by atoms with Crippen LogP contribution in [-0.4, -0.2) is 42.5 Å². The molecule has 2 atom stereocenters. The summed E-state index contributed by atoms with van der Waals surface area (Å²) in [5.41, 5.74) is 0.166. The number of nitrogens with zero attached hydrogens (tertiary/aromatic N) is 4. The molecule has 0 saturated carbocycles. The molecule has 2 unspecified atom stereocenters. The lowest BCUT2D eigenvalue weighted by molar-refractivity contribution is 0.0909. The van der Waals surface area contributed by atoms with Gasteiger partial charge in [0, 0.05) is 26.7 Å². The highest BCUT2D eigenvalue weighted by atomic mass is 16.3. The quantitative estimate of drug-likeness (QED) is 0.779. The van der Waals surface area contributed by atoms with Crippen molar-refractivity contribution in [1.29, 1.82) is 0 Å². The lowest BCUT2D eigenvalue weighted by Gasteiger charge is -2.28. The Balaban J connectivity index is 1.79. The van der Waals surface area contributed by atoms with Crippen LogP contribution in [0.5, 0.6) is 0 Å². The normalized spacial score (nSPS) is 21.9. The van der Waals surface area contributed by atoms with Crippen molar-refractivity contribution in [2.24, 2.45) is 14.1 Å². The number of piperidine rings is 1. The third-order valence-electron chi connectivity index (χ3n) is 4.68. The number of aliphatic hydroxyl groups is 1. The molecule has 3 rings (SSSR count). The molecule has 0 aliphatic carbocycles. The van der Waals surface area contributed by atoms with Crippen LogP contribution in [0, 0.1) is 0 Å².